The molecule has 8 nitrogen and oxygen atoms in total. The maximum Gasteiger partial charge on any atom is 0.262 e. The Labute approximate surface area is 118 Å². The molecule has 0 saturated carbocycles. The summed E-state index contributed by atoms with van der Waals surface area (Å²) in [5.74, 6) is -0.284. The van der Waals surface area contributed by atoms with Crippen molar-refractivity contribution in [2.75, 3.05) is 31.6 Å². The van der Waals surface area contributed by atoms with Crippen LogP contribution in [0.1, 0.15) is 11.3 Å². The average Bonchev–Trinajstić information content (AvgIpc) is 2.72. The van der Waals surface area contributed by atoms with Crippen molar-refractivity contribution < 1.29 is 16.8 Å². The Morgan fingerprint density at radius 3 is 2.50 bits per heavy atom. The van der Waals surface area contributed by atoms with E-state index >= 15 is 0 Å². The Bertz CT molecular complexity index is 679. The van der Waals surface area contributed by atoms with Crippen molar-refractivity contribution in [1.29, 1.82) is 0 Å². The Morgan fingerprint density at radius 1 is 1.35 bits per heavy atom. The minimum Gasteiger partial charge on any atom is -0.316 e. The molecule has 0 spiro atoms. The summed E-state index contributed by atoms with van der Waals surface area (Å²) in [4.78, 5) is 0. The minimum absolute atomic E-state index is 0.0183. The van der Waals surface area contributed by atoms with Gasteiger partial charge in [-0.3, -0.25) is 5.10 Å². The van der Waals surface area contributed by atoms with Crippen LogP contribution in [0.3, 0.4) is 0 Å². The third-order valence-corrected chi connectivity index (χ3v) is 6.76. The molecule has 1 saturated heterocycles. The number of aromatic amines is 1. The number of H-pyrrole nitrogens is 1. The maximum atomic E-state index is 12.5. The van der Waals surface area contributed by atoms with Gasteiger partial charge in [-0.2, -0.15) is 9.40 Å². The lowest BCUT2D eigenvalue weighted by molar-refractivity contribution is 0.428. The highest BCUT2D eigenvalue weighted by molar-refractivity contribution is 7.92. The van der Waals surface area contributed by atoms with E-state index in [-0.39, 0.29) is 29.6 Å². The number of aryl methyl sites for hydroxylation is 1. The fourth-order valence-electron chi connectivity index (χ4n) is 2.09. The second-order valence-electron chi connectivity index (χ2n) is 4.72. The van der Waals surface area contributed by atoms with Gasteiger partial charge in [0.05, 0.1) is 11.5 Å². The van der Waals surface area contributed by atoms with Crippen LogP contribution >= 0.6 is 0 Å². The molecule has 2 rings (SSSR count). The molecule has 0 atom stereocenters. The Hall–Kier alpha value is -0.970. The molecular weight excluding hydrogens is 304 g/mol. The zero-order valence-corrected chi connectivity index (χ0v) is 13.0. The van der Waals surface area contributed by atoms with Crippen molar-refractivity contribution in [2.45, 2.75) is 18.5 Å². The van der Waals surface area contributed by atoms with E-state index in [1.165, 1.54) is 4.31 Å². The number of hydrogen-bond acceptors (Lipinski definition) is 6. The Kier molecular flexibility index (Phi) is 4.19. The molecule has 0 unspecified atom stereocenters. The third-order valence-electron chi connectivity index (χ3n) is 3.28. The van der Waals surface area contributed by atoms with Gasteiger partial charge in [-0.15, -0.1) is 0 Å². The number of hydrogen-bond donors (Lipinski definition) is 2. The maximum absolute atomic E-state index is 12.5. The molecular formula is C10H18N4O4S2. The van der Waals surface area contributed by atoms with Crippen LogP contribution in [0.25, 0.3) is 0 Å². The molecule has 0 aliphatic carbocycles. The lowest BCUT2D eigenvalue weighted by atomic mass is 10.3. The zero-order valence-electron chi connectivity index (χ0n) is 11.4. The van der Waals surface area contributed by atoms with Crippen LogP contribution in [0.5, 0.6) is 0 Å². The van der Waals surface area contributed by atoms with Gasteiger partial charge in [0.25, 0.3) is 10.0 Å². The molecule has 0 amide bonds. The van der Waals surface area contributed by atoms with Gasteiger partial charge in [0.15, 0.2) is 14.9 Å². The fraction of sp³-hybridized carbons (Fsp3) is 0.700. The second-order valence-corrected chi connectivity index (χ2v) is 8.88. The molecule has 1 aromatic heterocycles. The van der Waals surface area contributed by atoms with Crippen molar-refractivity contribution in [3.63, 3.8) is 0 Å². The fourth-order valence-corrected chi connectivity index (χ4v) is 5.12. The van der Waals surface area contributed by atoms with Gasteiger partial charge in [0, 0.05) is 30.9 Å². The Morgan fingerprint density at radius 2 is 1.95 bits per heavy atom. The molecule has 1 aromatic rings. The lowest BCUT2D eigenvalue weighted by Crippen LogP contribution is -2.44. The first kappa shape index (κ1) is 15.4. The number of rotatable bonds is 4. The highest BCUT2D eigenvalue weighted by Crippen LogP contribution is 2.21. The zero-order chi connectivity index (χ0) is 15.0. The summed E-state index contributed by atoms with van der Waals surface area (Å²) < 4.78 is 49.0. The molecule has 1 fully saturated rings. The monoisotopic (exact) mass is 322 g/mol. The third kappa shape index (κ3) is 2.87. The van der Waals surface area contributed by atoms with E-state index in [0.717, 1.165) is 0 Å². The van der Waals surface area contributed by atoms with Gasteiger partial charge in [-0.05, 0) is 14.0 Å². The normalized spacial score (nSPS) is 20.1. The minimum atomic E-state index is -3.76. The average molecular weight is 322 g/mol. The van der Waals surface area contributed by atoms with Gasteiger partial charge in [0.1, 0.15) is 0 Å². The van der Waals surface area contributed by atoms with E-state index in [9.17, 15) is 16.8 Å². The molecule has 0 radical (unpaired) electrons. The number of aromatic nitrogens is 2. The smallest absolute Gasteiger partial charge is 0.262 e. The predicted octanol–water partition coefficient (Wildman–Crippen LogP) is -1.14. The summed E-state index contributed by atoms with van der Waals surface area (Å²) in [7, 11) is -5.16. The number of sulfone groups is 1. The van der Waals surface area contributed by atoms with Crippen LogP contribution in [-0.4, -0.2) is 63.0 Å². The van der Waals surface area contributed by atoms with E-state index < -0.39 is 19.9 Å². The molecule has 20 heavy (non-hydrogen) atoms. The number of sulfonamides is 1. The van der Waals surface area contributed by atoms with Crippen LogP contribution in [0.15, 0.2) is 5.03 Å². The molecule has 0 aromatic carbocycles. The molecule has 2 heterocycles. The summed E-state index contributed by atoms with van der Waals surface area (Å²) in [5.41, 5.74) is 1.27. The topological polar surface area (TPSA) is 112 Å². The summed E-state index contributed by atoms with van der Waals surface area (Å²) in [6.45, 7) is 2.09. The van der Waals surface area contributed by atoms with Crippen molar-refractivity contribution in [3.8, 4) is 0 Å². The predicted molar refractivity (Wildman–Crippen MR) is 73.5 cm³/mol. The number of nitrogens with zero attached hydrogens (tertiary/aromatic N) is 2. The van der Waals surface area contributed by atoms with Crippen LogP contribution in [0.4, 0.5) is 0 Å². The van der Waals surface area contributed by atoms with Crippen LogP contribution < -0.4 is 5.32 Å². The van der Waals surface area contributed by atoms with Crippen molar-refractivity contribution in [1.82, 2.24) is 19.8 Å². The van der Waals surface area contributed by atoms with Gasteiger partial charge in [-0.1, -0.05) is 0 Å². The number of nitrogens with one attached hydrogen (secondary N) is 2. The first-order chi connectivity index (χ1) is 9.28. The van der Waals surface area contributed by atoms with E-state index in [0.29, 0.717) is 17.8 Å². The van der Waals surface area contributed by atoms with E-state index in [1.807, 2.05) is 0 Å². The lowest BCUT2D eigenvalue weighted by Gasteiger charge is -2.25. The molecule has 1 aliphatic heterocycles. The molecule has 0 bridgehead atoms. The molecule has 2 N–H and O–H groups in total. The summed E-state index contributed by atoms with van der Waals surface area (Å²) in [6, 6.07) is 0. The largest absolute Gasteiger partial charge is 0.316 e. The molecule has 114 valence electrons. The highest BCUT2D eigenvalue weighted by Gasteiger charge is 2.34. The van der Waals surface area contributed by atoms with Crippen LogP contribution in [0, 0.1) is 6.92 Å². The van der Waals surface area contributed by atoms with Gasteiger partial charge in [0.2, 0.25) is 0 Å². The second kappa shape index (κ2) is 5.43. The van der Waals surface area contributed by atoms with Crippen molar-refractivity contribution in [2.24, 2.45) is 0 Å². The van der Waals surface area contributed by atoms with Crippen molar-refractivity contribution in [3.05, 3.63) is 11.3 Å². The van der Waals surface area contributed by atoms with E-state index in [1.54, 1.807) is 14.0 Å². The SMILES string of the molecule is CNCc1c(S(=O)(=O)N2CCS(=O)(=O)CC2)n[nH]c1C. The van der Waals surface area contributed by atoms with Crippen LogP contribution in [-0.2, 0) is 26.4 Å². The summed E-state index contributed by atoms with van der Waals surface area (Å²) in [5, 5.41) is 9.42. The molecule has 1 aliphatic rings. The van der Waals surface area contributed by atoms with Crippen molar-refractivity contribution >= 4 is 19.9 Å². The quantitative estimate of drug-likeness (QED) is 0.724. The van der Waals surface area contributed by atoms with Gasteiger partial charge < -0.3 is 5.32 Å². The van der Waals surface area contributed by atoms with Gasteiger partial charge >= 0.3 is 0 Å². The standard InChI is InChI=1S/C10H18N4O4S2/c1-8-9(7-11-2)10(13-12-8)20(17,18)14-3-5-19(15,16)6-4-14/h11H,3-7H2,1-2H3,(H,12,13). The first-order valence-corrected chi connectivity index (χ1v) is 9.43. The van der Waals surface area contributed by atoms with Gasteiger partial charge in [-0.25, -0.2) is 16.8 Å². The summed E-state index contributed by atoms with van der Waals surface area (Å²) in [6.07, 6.45) is 0. The van der Waals surface area contributed by atoms with Crippen LogP contribution in [0.2, 0.25) is 0 Å². The molecule has 10 heteroatoms. The Balaban J connectivity index is 2.32. The van der Waals surface area contributed by atoms with E-state index in [2.05, 4.69) is 15.5 Å². The van der Waals surface area contributed by atoms with E-state index in [4.69, 9.17) is 0 Å². The highest BCUT2D eigenvalue weighted by atomic mass is 32.2. The summed E-state index contributed by atoms with van der Waals surface area (Å²) >= 11 is 0. The first-order valence-electron chi connectivity index (χ1n) is 6.17.